The van der Waals surface area contributed by atoms with Crippen molar-refractivity contribution in [2.45, 2.75) is 45.2 Å². The topological polar surface area (TPSA) is 44.0 Å². The molecule has 2 N–H and O–H groups in total. The van der Waals surface area contributed by atoms with E-state index < -0.39 is 0 Å². The van der Waals surface area contributed by atoms with Crippen LogP contribution in [0.1, 0.15) is 33.6 Å². The zero-order chi connectivity index (χ0) is 14.2. The second kappa shape index (κ2) is 5.09. The number of likely N-dealkylation sites (tertiary alicyclic amines) is 1. The van der Waals surface area contributed by atoms with Crippen LogP contribution in [0.5, 0.6) is 0 Å². The zero-order valence-electron chi connectivity index (χ0n) is 12.6. The van der Waals surface area contributed by atoms with Gasteiger partial charge in [0.2, 0.25) is 5.95 Å². The molecule has 0 amide bonds. The molecule has 0 bridgehead atoms. The summed E-state index contributed by atoms with van der Waals surface area (Å²) in [5.41, 5.74) is 2.41. The van der Waals surface area contributed by atoms with Crippen molar-refractivity contribution in [3.05, 3.63) is 24.3 Å². The maximum absolute atomic E-state index is 4.59. The zero-order valence-corrected chi connectivity index (χ0v) is 12.6. The molecule has 0 spiro atoms. The number of aromatic amines is 1. The van der Waals surface area contributed by atoms with Crippen LogP contribution in [0.2, 0.25) is 0 Å². The Balaban J connectivity index is 1.62. The highest BCUT2D eigenvalue weighted by Gasteiger charge is 2.27. The summed E-state index contributed by atoms with van der Waals surface area (Å²) >= 11 is 0. The highest BCUT2D eigenvalue weighted by molar-refractivity contribution is 5.77. The number of rotatable bonds is 2. The fourth-order valence-electron chi connectivity index (χ4n) is 2.91. The van der Waals surface area contributed by atoms with Crippen molar-refractivity contribution >= 4 is 17.0 Å². The molecule has 4 heteroatoms. The number of piperidine rings is 1. The van der Waals surface area contributed by atoms with E-state index in [1.54, 1.807) is 0 Å². The summed E-state index contributed by atoms with van der Waals surface area (Å²) in [7, 11) is 0. The molecule has 1 aliphatic rings. The lowest BCUT2D eigenvalue weighted by atomic mass is 9.98. The Morgan fingerprint density at radius 2 is 1.90 bits per heavy atom. The molecule has 0 radical (unpaired) electrons. The van der Waals surface area contributed by atoms with Gasteiger partial charge in [-0.05, 0) is 45.7 Å². The molecule has 1 aromatic heterocycles. The minimum absolute atomic E-state index is 0.282. The maximum atomic E-state index is 4.59. The number of aromatic nitrogens is 2. The van der Waals surface area contributed by atoms with Crippen molar-refractivity contribution in [3.8, 4) is 0 Å². The predicted octanol–water partition coefficient (Wildman–Crippen LogP) is 3.24. The number of hydrogen-bond donors (Lipinski definition) is 2. The molecule has 1 aliphatic heterocycles. The minimum Gasteiger partial charge on any atom is -0.353 e. The normalized spacial score (nSPS) is 18.6. The maximum Gasteiger partial charge on any atom is 0.201 e. The quantitative estimate of drug-likeness (QED) is 0.882. The molecular weight excluding hydrogens is 248 g/mol. The SMILES string of the molecule is CC(C)(C)N1CCC(Nc2nc3ccccc3[nH]2)CC1. The van der Waals surface area contributed by atoms with E-state index in [1.165, 1.54) is 12.8 Å². The van der Waals surface area contributed by atoms with Crippen LogP contribution in [0, 0.1) is 0 Å². The monoisotopic (exact) mass is 272 g/mol. The molecule has 108 valence electrons. The number of nitrogens with one attached hydrogen (secondary N) is 2. The van der Waals surface area contributed by atoms with Gasteiger partial charge in [0.15, 0.2) is 0 Å². The van der Waals surface area contributed by atoms with E-state index in [0.717, 1.165) is 30.1 Å². The van der Waals surface area contributed by atoms with Crippen molar-refractivity contribution < 1.29 is 0 Å². The number of benzene rings is 1. The predicted molar refractivity (Wildman–Crippen MR) is 84.1 cm³/mol. The third-order valence-corrected chi connectivity index (χ3v) is 4.17. The summed E-state index contributed by atoms with van der Waals surface area (Å²) in [6.07, 6.45) is 2.35. The Labute approximate surface area is 120 Å². The second-order valence-corrected chi connectivity index (χ2v) is 6.68. The highest BCUT2D eigenvalue weighted by atomic mass is 15.2. The van der Waals surface area contributed by atoms with Gasteiger partial charge in [-0.2, -0.15) is 0 Å². The molecule has 4 nitrogen and oxygen atoms in total. The van der Waals surface area contributed by atoms with E-state index >= 15 is 0 Å². The average molecular weight is 272 g/mol. The number of fused-ring (bicyclic) bond motifs is 1. The first-order valence-corrected chi connectivity index (χ1v) is 7.49. The number of hydrogen-bond acceptors (Lipinski definition) is 3. The highest BCUT2D eigenvalue weighted by Crippen LogP contribution is 2.22. The summed E-state index contributed by atoms with van der Waals surface area (Å²) in [5, 5.41) is 3.55. The van der Waals surface area contributed by atoms with Gasteiger partial charge in [-0.15, -0.1) is 0 Å². The van der Waals surface area contributed by atoms with Crippen LogP contribution in [-0.2, 0) is 0 Å². The number of imidazole rings is 1. The van der Waals surface area contributed by atoms with Crippen LogP contribution < -0.4 is 5.32 Å². The molecule has 0 unspecified atom stereocenters. The lowest BCUT2D eigenvalue weighted by molar-refractivity contribution is 0.106. The summed E-state index contributed by atoms with van der Waals surface area (Å²) < 4.78 is 0. The molecule has 2 heterocycles. The van der Waals surface area contributed by atoms with Gasteiger partial charge in [0.1, 0.15) is 0 Å². The van der Waals surface area contributed by atoms with Crippen molar-refractivity contribution in [2.75, 3.05) is 18.4 Å². The van der Waals surface area contributed by atoms with Gasteiger partial charge in [0.05, 0.1) is 11.0 Å². The summed E-state index contributed by atoms with van der Waals surface area (Å²) in [6.45, 7) is 9.18. The fourth-order valence-corrected chi connectivity index (χ4v) is 2.91. The molecular formula is C16H24N4. The Morgan fingerprint density at radius 1 is 1.20 bits per heavy atom. The molecule has 3 rings (SSSR count). The molecule has 0 aliphatic carbocycles. The van der Waals surface area contributed by atoms with Gasteiger partial charge in [0, 0.05) is 24.7 Å². The minimum atomic E-state index is 0.282. The van der Waals surface area contributed by atoms with Crippen molar-refractivity contribution in [2.24, 2.45) is 0 Å². The average Bonchev–Trinajstić information content (AvgIpc) is 2.80. The van der Waals surface area contributed by atoms with Gasteiger partial charge in [-0.25, -0.2) is 4.98 Å². The fraction of sp³-hybridized carbons (Fsp3) is 0.562. The summed E-state index contributed by atoms with van der Waals surface area (Å²) in [4.78, 5) is 10.5. The smallest absolute Gasteiger partial charge is 0.201 e. The lowest BCUT2D eigenvalue weighted by Gasteiger charge is -2.41. The Kier molecular flexibility index (Phi) is 3.42. The van der Waals surface area contributed by atoms with Crippen LogP contribution >= 0.6 is 0 Å². The third-order valence-electron chi connectivity index (χ3n) is 4.17. The first-order chi connectivity index (χ1) is 9.52. The third kappa shape index (κ3) is 2.80. The lowest BCUT2D eigenvalue weighted by Crippen LogP contribution is -2.48. The van der Waals surface area contributed by atoms with Crippen LogP contribution in [0.15, 0.2) is 24.3 Å². The number of para-hydroxylation sites is 2. The van der Waals surface area contributed by atoms with Crippen molar-refractivity contribution in [1.82, 2.24) is 14.9 Å². The van der Waals surface area contributed by atoms with E-state index in [1.807, 2.05) is 18.2 Å². The Hall–Kier alpha value is -1.55. The van der Waals surface area contributed by atoms with Gasteiger partial charge in [-0.3, -0.25) is 4.90 Å². The molecule has 2 aromatic rings. The van der Waals surface area contributed by atoms with E-state index in [-0.39, 0.29) is 5.54 Å². The van der Waals surface area contributed by atoms with E-state index in [0.29, 0.717) is 6.04 Å². The van der Waals surface area contributed by atoms with Gasteiger partial charge >= 0.3 is 0 Å². The molecule has 1 aromatic carbocycles. The summed E-state index contributed by atoms with van der Waals surface area (Å²) in [5.74, 6) is 0.903. The van der Waals surface area contributed by atoms with E-state index in [4.69, 9.17) is 0 Å². The first-order valence-electron chi connectivity index (χ1n) is 7.49. The van der Waals surface area contributed by atoms with Gasteiger partial charge < -0.3 is 10.3 Å². The second-order valence-electron chi connectivity index (χ2n) is 6.68. The first kappa shape index (κ1) is 13.4. The standard InChI is InChI=1S/C16H24N4/c1-16(2,3)20-10-8-12(9-11-20)17-15-18-13-6-4-5-7-14(13)19-15/h4-7,12H,8-11H2,1-3H3,(H2,17,18,19). The van der Waals surface area contributed by atoms with Crippen molar-refractivity contribution in [1.29, 1.82) is 0 Å². The number of nitrogens with zero attached hydrogens (tertiary/aromatic N) is 2. The summed E-state index contributed by atoms with van der Waals surface area (Å²) in [6, 6.07) is 8.68. The molecule has 0 atom stereocenters. The van der Waals surface area contributed by atoms with Gasteiger partial charge in [-0.1, -0.05) is 12.1 Å². The number of H-pyrrole nitrogens is 1. The van der Waals surface area contributed by atoms with Crippen LogP contribution in [0.4, 0.5) is 5.95 Å². The van der Waals surface area contributed by atoms with Crippen LogP contribution in [0.3, 0.4) is 0 Å². The Bertz CT molecular complexity index is 540. The van der Waals surface area contributed by atoms with E-state index in [9.17, 15) is 0 Å². The van der Waals surface area contributed by atoms with Gasteiger partial charge in [0.25, 0.3) is 0 Å². The molecule has 1 fully saturated rings. The largest absolute Gasteiger partial charge is 0.353 e. The van der Waals surface area contributed by atoms with Crippen molar-refractivity contribution in [3.63, 3.8) is 0 Å². The number of anilines is 1. The Morgan fingerprint density at radius 3 is 2.55 bits per heavy atom. The molecule has 20 heavy (non-hydrogen) atoms. The molecule has 0 saturated carbocycles. The molecule has 1 saturated heterocycles. The van der Waals surface area contributed by atoms with E-state index in [2.05, 4.69) is 47.0 Å². The van der Waals surface area contributed by atoms with Crippen LogP contribution in [0.25, 0.3) is 11.0 Å². The van der Waals surface area contributed by atoms with Crippen LogP contribution in [-0.4, -0.2) is 39.5 Å².